The minimum atomic E-state index is -2.81. The molecule has 8 rings (SSSR count). The standard InChI is InChI=1S/C38H27N3OP/c42-43(30-13-3-1-4-14-30,31-15-5-2-6-16-31)32-17-11-12-29(26-32)27-21-23-28(24-22-27)36-33-18-7-8-19-34(33)37-38(40-36)41-25-10-9-20-35(41)39-37/h1-26,42H/q+1. The second kappa shape index (κ2) is 10.3. The molecule has 0 amide bonds. The normalized spacial score (nSPS) is 11.8. The van der Waals surface area contributed by atoms with E-state index in [1.54, 1.807) is 0 Å². The van der Waals surface area contributed by atoms with Gasteiger partial charge in [-0.05, 0) is 59.7 Å². The summed E-state index contributed by atoms with van der Waals surface area (Å²) in [4.78, 5) is 22.5. The molecular weight excluding hydrogens is 545 g/mol. The highest BCUT2D eigenvalue weighted by Crippen LogP contribution is 2.51. The fourth-order valence-corrected chi connectivity index (χ4v) is 8.72. The van der Waals surface area contributed by atoms with E-state index in [0.717, 1.165) is 65.9 Å². The molecular formula is C38H27N3OP+. The molecule has 3 heterocycles. The smallest absolute Gasteiger partial charge is 0.238 e. The molecule has 43 heavy (non-hydrogen) atoms. The van der Waals surface area contributed by atoms with Gasteiger partial charge in [0, 0.05) is 22.5 Å². The topological polar surface area (TPSA) is 50.4 Å². The van der Waals surface area contributed by atoms with Gasteiger partial charge in [-0.2, -0.15) is 0 Å². The van der Waals surface area contributed by atoms with Gasteiger partial charge in [0.25, 0.3) is 0 Å². The number of aromatic nitrogens is 3. The lowest BCUT2D eigenvalue weighted by atomic mass is 10.00. The van der Waals surface area contributed by atoms with Crippen LogP contribution in [-0.2, 0) is 0 Å². The Morgan fingerprint density at radius 3 is 1.81 bits per heavy atom. The minimum Gasteiger partial charge on any atom is -0.284 e. The first kappa shape index (κ1) is 25.6. The maximum Gasteiger partial charge on any atom is 0.238 e. The van der Waals surface area contributed by atoms with E-state index in [9.17, 15) is 4.89 Å². The number of nitrogens with zero attached hydrogens (tertiary/aromatic N) is 3. The lowest BCUT2D eigenvalue weighted by Crippen LogP contribution is -2.30. The molecule has 0 spiro atoms. The van der Waals surface area contributed by atoms with Crippen LogP contribution in [0.5, 0.6) is 0 Å². The molecule has 0 saturated heterocycles. The highest BCUT2D eigenvalue weighted by molar-refractivity contribution is 7.91. The maximum absolute atomic E-state index is 12.4. The molecule has 204 valence electrons. The summed E-state index contributed by atoms with van der Waals surface area (Å²) in [5.74, 6) is 0. The number of rotatable bonds is 5. The summed E-state index contributed by atoms with van der Waals surface area (Å²) in [6, 6.07) is 51.3. The molecule has 4 nitrogen and oxygen atoms in total. The molecule has 0 radical (unpaired) electrons. The molecule has 5 aromatic carbocycles. The fraction of sp³-hybridized carbons (Fsp3) is 0. The summed E-state index contributed by atoms with van der Waals surface area (Å²) in [7, 11) is -2.81. The summed E-state index contributed by atoms with van der Waals surface area (Å²) in [5, 5.41) is 4.97. The molecule has 8 aromatic rings. The zero-order valence-corrected chi connectivity index (χ0v) is 24.1. The van der Waals surface area contributed by atoms with Crippen LogP contribution in [0.15, 0.2) is 158 Å². The monoisotopic (exact) mass is 572 g/mol. The average molecular weight is 573 g/mol. The number of fused-ring (bicyclic) bond motifs is 5. The third-order valence-corrected chi connectivity index (χ3v) is 11.2. The third-order valence-electron chi connectivity index (χ3n) is 8.13. The van der Waals surface area contributed by atoms with E-state index in [-0.39, 0.29) is 0 Å². The summed E-state index contributed by atoms with van der Waals surface area (Å²) < 4.78 is 2.05. The number of pyridine rings is 2. The molecule has 0 atom stereocenters. The van der Waals surface area contributed by atoms with Gasteiger partial charge in [-0.3, -0.25) is 4.40 Å². The van der Waals surface area contributed by atoms with Crippen molar-refractivity contribution in [2.24, 2.45) is 0 Å². The Labute approximate surface area is 250 Å². The van der Waals surface area contributed by atoms with E-state index >= 15 is 0 Å². The second-order valence-corrected chi connectivity index (χ2v) is 13.5. The predicted molar refractivity (Wildman–Crippen MR) is 180 cm³/mol. The van der Waals surface area contributed by atoms with Crippen molar-refractivity contribution in [3.05, 3.63) is 158 Å². The highest BCUT2D eigenvalue weighted by atomic mass is 31.2. The van der Waals surface area contributed by atoms with Crippen molar-refractivity contribution in [1.82, 2.24) is 14.4 Å². The van der Waals surface area contributed by atoms with Crippen LogP contribution in [0.2, 0.25) is 0 Å². The van der Waals surface area contributed by atoms with Gasteiger partial charge < -0.3 is 0 Å². The van der Waals surface area contributed by atoms with Crippen molar-refractivity contribution in [1.29, 1.82) is 0 Å². The zero-order valence-electron chi connectivity index (χ0n) is 23.2. The van der Waals surface area contributed by atoms with Crippen LogP contribution in [0.1, 0.15) is 0 Å². The Balaban J connectivity index is 1.23. The number of benzene rings is 5. The van der Waals surface area contributed by atoms with Crippen molar-refractivity contribution < 1.29 is 4.89 Å². The maximum atomic E-state index is 12.4. The predicted octanol–water partition coefficient (Wildman–Crippen LogP) is 7.57. The van der Waals surface area contributed by atoms with Crippen LogP contribution in [0.25, 0.3) is 50.0 Å². The van der Waals surface area contributed by atoms with Gasteiger partial charge in [0.05, 0.1) is 5.69 Å². The van der Waals surface area contributed by atoms with Gasteiger partial charge >= 0.3 is 0 Å². The number of hydrogen-bond acceptors (Lipinski definition) is 3. The van der Waals surface area contributed by atoms with Crippen LogP contribution in [0.3, 0.4) is 0 Å². The van der Waals surface area contributed by atoms with E-state index in [1.165, 1.54) is 0 Å². The first-order valence-corrected chi connectivity index (χ1v) is 16.0. The molecule has 1 N–H and O–H groups in total. The average Bonchev–Trinajstić information content (AvgIpc) is 3.47. The Morgan fingerprint density at radius 1 is 0.488 bits per heavy atom. The first-order chi connectivity index (χ1) is 21.2. The molecule has 0 aliphatic rings. The van der Waals surface area contributed by atoms with Gasteiger partial charge in [0.1, 0.15) is 27.1 Å². The second-order valence-electron chi connectivity index (χ2n) is 10.7. The van der Waals surface area contributed by atoms with Gasteiger partial charge in [-0.1, -0.05) is 103 Å². The van der Waals surface area contributed by atoms with Crippen LogP contribution in [0, 0.1) is 0 Å². The van der Waals surface area contributed by atoms with E-state index in [2.05, 4.69) is 65.1 Å². The SMILES string of the molecule is O[P+](c1ccccc1)(c1ccccc1)c1cccc(-c2ccc(-c3nc4c(nc5ccccn54)c4ccccc34)cc2)c1. The van der Waals surface area contributed by atoms with Gasteiger partial charge in [-0.15, -0.1) is 0 Å². The number of imidazole rings is 1. The summed E-state index contributed by atoms with van der Waals surface area (Å²) >= 11 is 0. The van der Waals surface area contributed by atoms with Crippen LogP contribution >= 0.6 is 7.49 Å². The third kappa shape index (κ3) is 4.23. The molecule has 0 aliphatic carbocycles. The van der Waals surface area contributed by atoms with E-state index in [0.29, 0.717) is 0 Å². The first-order valence-electron chi connectivity index (χ1n) is 14.3. The van der Waals surface area contributed by atoms with Crippen molar-refractivity contribution in [3.63, 3.8) is 0 Å². The molecule has 3 aromatic heterocycles. The quantitative estimate of drug-likeness (QED) is 0.217. The lowest BCUT2D eigenvalue weighted by Gasteiger charge is -2.20. The van der Waals surface area contributed by atoms with E-state index in [1.807, 2.05) is 97.2 Å². The zero-order chi connectivity index (χ0) is 28.8. The van der Waals surface area contributed by atoms with E-state index in [4.69, 9.17) is 9.97 Å². The molecule has 0 aliphatic heterocycles. The summed E-state index contributed by atoms with van der Waals surface area (Å²) in [6.45, 7) is 0. The fourth-order valence-electron chi connectivity index (χ4n) is 5.99. The molecule has 0 fully saturated rings. The largest absolute Gasteiger partial charge is 0.284 e. The Hall–Kier alpha value is -5.15. The van der Waals surface area contributed by atoms with Crippen LogP contribution < -0.4 is 15.9 Å². The van der Waals surface area contributed by atoms with Gasteiger partial charge in [-0.25, -0.2) is 14.9 Å². The molecule has 0 bridgehead atoms. The molecule has 0 saturated carbocycles. The Kier molecular flexibility index (Phi) is 6.11. The highest BCUT2D eigenvalue weighted by Gasteiger charge is 2.44. The number of hydrogen-bond donors (Lipinski definition) is 1. The van der Waals surface area contributed by atoms with Crippen molar-refractivity contribution >= 4 is 51.0 Å². The Bertz CT molecular complexity index is 2200. The molecule has 5 heteroatoms. The van der Waals surface area contributed by atoms with Crippen molar-refractivity contribution in [2.75, 3.05) is 0 Å². The van der Waals surface area contributed by atoms with Crippen molar-refractivity contribution in [2.45, 2.75) is 0 Å². The summed E-state index contributed by atoms with van der Waals surface area (Å²) in [5.41, 5.74) is 6.76. The van der Waals surface area contributed by atoms with Crippen molar-refractivity contribution in [3.8, 4) is 22.4 Å². The minimum absolute atomic E-state index is 0.853. The van der Waals surface area contributed by atoms with E-state index < -0.39 is 7.49 Å². The van der Waals surface area contributed by atoms with Crippen LogP contribution in [0.4, 0.5) is 0 Å². The van der Waals surface area contributed by atoms with Crippen LogP contribution in [-0.4, -0.2) is 19.3 Å². The lowest BCUT2D eigenvalue weighted by molar-refractivity contribution is 0.633. The summed E-state index contributed by atoms with van der Waals surface area (Å²) in [6.07, 6.45) is 2.01. The Morgan fingerprint density at radius 2 is 1.09 bits per heavy atom. The van der Waals surface area contributed by atoms with Gasteiger partial charge in [0.15, 0.2) is 5.65 Å². The van der Waals surface area contributed by atoms with Gasteiger partial charge in [0.2, 0.25) is 7.49 Å². The molecule has 0 unspecified atom stereocenters.